The Labute approximate surface area is 246 Å². The Balaban J connectivity index is 2.51. The van der Waals surface area contributed by atoms with Crippen LogP contribution in [0.25, 0.3) is 0 Å². The van der Waals surface area contributed by atoms with Crippen molar-refractivity contribution in [3.63, 3.8) is 0 Å². The lowest BCUT2D eigenvalue weighted by Crippen LogP contribution is -2.68. The van der Waals surface area contributed by atoms with Gasteiger partial charge in [-0.25, -0.2) is 0 Å². The molecule has 236 valence electrons. The molecule has 43 heavy (non-hydrogen) atoms. The molecule has 1 aromatic carbocycles. The maximum atomic E-state index is 13.5. The third kappa shape index (κ3) is 10.5. The predicted molar refractivity (Wildman–Crippen MR) is 151 cm³/mol. The van der Waals surface area contributed by atoms with Gasteiger partial charge in [-0.1, -0.05) is 29.8 Å². The number of aliphatic hydroxyl groups excluding tert-OH is 2. The van der Waals surface area contributed by atoms with Gasteiger partial charge in [-0.15, -0.1) is 0 Å². The zero-order chi connectivity index (χ0) is 32.2. The van der Waals surface area contributed by atoms with E-state index in [4.69, 9.17) is 11.5 Å². The Kier molecular flexibility index (Phi) is 12.8. The Morgan fingerprint density at radius 3 is 2.16 bits per heavy atom. The normalized spacial score (nSPS) is 21.6. The number of aliphatic carboxylic acids is 1. The zero-order valence-electron chi connectivity index (χ0n) is 23.6. The van der Waals surface area contributed by atoms with Crippen LogP contribution in [0.2, 0.25) is 0 Å². The number of rotatable bonds is 10. The predicted octanol–water partition coefficient (Wildman–Crippen LogP) is -4.51. The first kappa shape index (κ1) is 34.4. The molecule has 0 aliphatic carbocycles. The first-order valence-electron chi connectivity index (χ1n) is 13.3. The second-order valence-corrected chi connectivity index (χ2v) is 10.0. The maximum absolute atomic E-state index is 13.5. The van der Waals surface area contributed by atoms with Gasteiger partial charge in [-0.05, 0) is 25.3 Å². The summed E-state index contributed by atoms with van der Waals surface area (Å²) in [5, 5.41) is 41.2. The number of aryl methyl sites for hydroxylation is 1. The Morgan fingerprint density at radius 2 is 1.58 bits per heavy atom. The standard InChI is InChI=1S/C26H38N8O9/c1-14-4-6-15(7-5-14)9-17-23(42)34-26(12-35,13-36)24(43)33-16(3-2-8-29-25(27)28)21(40)30-11-19(37)31-18(10-20(38)39)22(41)32-17/h4-7,16-18,35-36H,2-3,8-13H2,1H3,(H,30,40)(H,31,37)(H,32,41)(H,33,43)(H,34,42)(H,38,39)(H4,27,28,29)/t16-,17+,18-/m0/s1. The van der Waals surface area contributed by atoms with E-state index in [1.807, 2.05) is 6.92 Å². The number of nitrogens with two attached hydrogens (primary N) is 2. The van der Waals surface area contributed by atoms with E-state index in [1.54, 1.807) is 24.3 Å². The van der Waals surface area contributed by atoms with Crippen molar-refractivity contribution in [2.45, 2.75) is 56.3 Å². The lowest BCUT2D eigenvalue weighted by atomic mass is 9.97. The number of benzene rings is 1. The molecule has 12 N–H and O–H groups in total. The van der Waals surface area contributed by atoms with Crippen molar-refractivity contribution in [3.8, 4) is 0 Å². The third-order valence-electron chi connectivity index (χ3n) is 6.55. The molecule has 3 atom stereocenters. The van der Waals surface area contributed by atoms with Gasteiger partial charge in [0.2, 0.25) is 23.6 Å². The molecule has 0 unspecified atom stereocenters. The average molecular weight is 607 g/mol. The minimum atomic E-state index is -2.35. The molecule has 2 rings (SSSR count). The average Bonchev–Trinajstić information content (AvgIpc) is 2.95. The van der Waals surface area contributed by atoms with Gasteiger partial charge in [0.05, 0.1) is 26.2 Å². The number of amides is 5. The zero-order valence-corrected chi connectivity index (χ0v) is 23.6. The van der Waals surface area contributed by atoms with Gasteiger partial charge < -0.3 is 53.4 Å². The summed E-state index contributed by atoms with van der Waals surface area (Å²) in [6, 6.07) is 2.44. The van der Waals surface area contributed by atoms with Crippen molar-refractivity contribution in [2.24, 2.45) is 16.5 Å². The lowest BCUT2D eigenvalue weighted by molar-refractivity contribution is -0.142. The summed E-state index contributed by atoms with van der Waals surface area (Å²) >= 11 is 0. The van der Waals surface area contributed by atoms with Crippen molar-refractivity contribution in [1.29, 1.82) is 0 Å². The second-order valence-electron chi connectivity index (χ2n) is 10.0. The van der Waals surface area contributed by atoms with Crippen molar-refractivity contribution >= 4 is 41.5 Å². The summed E-state index contributed by atoms with van der Waals surface area (Å²) in [7, 11) is 0. The van der Waals surface area contributed by atoms with E-state index < -0.39 is 85.3 Å². The van der Waals surface area contributed by atoms with Gasteiger partial charge in [0, 0.05) is 13.0 Å². The van der Waals surface area contributed by atoms with Gasteiger partial charge in [-0.3, -0.25) is 33.8 Å². The first-order chi connectivity index (χ1) is 20.3. The number of carboxylic acids is 1. The van der Waals surface area contributed by atoms with Gasteiger partial charge in [0.1, 0.15) is 18.1 Å². The molecule has 0 radical (unpaired) electrons. The van der Waals surface area contributed by atoms with Crippen molar-refractivity contribution in [3.05, 3.63) is 35.4 Å². The smallest absolute Gasteiger partial charge is 0.305 e. The SMILES string of the molecule is Cc1ccc(C[C@H]2NC(=O)[C@H](CC(=O)O)NC(=O)CNC(=O)[C@H](CCCN=C(N)N)NC(=O)C(CO)(CO)NC2=O)cc1. The monoisotopic (exact) mass is 606 g/mol. The van der Waals surface area contributed by atoms with Gasteiger partial charge in [0.15, 0.2) is 11.5 Å². The summed E-state index contributed by atoms with van der Waals surface area (Å²) in [5.41, 5.74) is 9.75. The summed E-state index contributed by atoms with van der Waals surface area (Å²) in [4.78, 5) is 80.8. The molecule has 0 saturated carbocycles. The molecule has 1 aromatic rings. The summed E-state index contributed by atoms with van der Waals surface area (Å²) in [5.74, 6) is -6.60. The third-order valence-corrected chi connectivity index (χ3v) is 6.55. The molecule has 1 fully saturated rings. The van der Waals surface area contributed by atoms with E-state index in [0.29, 0.717) is 5.56 Å². The molecule has 17 heteroatoms. The largest absolute Gasteiger partial charge is 0.481 e. The van der Waals surface area contributed by atoms with E-state index >= 15 is 0 Å². The number of aliphatic imine (C=N–C) groups is 1. The molecule has 1 heterocycles. The highest BCUT2D eigenvalue weighted by atomic mass is 16.4. The highest BCUT2D eigenvalue weighted by molar-refractivity contribution is 5.99. The Morgan fingerprint density at radius 1 is 0.930 bits per heavy atom. The molecule has 0 spiro atoms. The van der Waals surface area contributed by atoms with Gasteiger partial charge in [-0.2, -0.15) is 0 Å². The van der Waals surface area contributed by atoms with Gasteiger partial charge >= 0.3 is 5.97 Å². The number of hydrogen-bond donors (Lipinski definition) is 10. The van der Waals surface area contributed by atoms with Crippen LogP contribution >= 0.6 is 0 Å². The van der Waals surface area contributed by atoms with Crippen molar-refractivity contribution < 1.29 is 44.1 Å². The maximum Gasteiger partial charge on any atom is 0.305 e. The second kappa shape index (κ2) is 16.0. The van der Waals surface area contributed by atoms with Crippen molar-refractivity contribution in [2.75, 3.05) is 26.3 Å². The molecular formula is C26H38N8O9. The van der Waals surface area contributed by atoms with E-state index in [9.17, 15) is 44.1 Å². The number of nitrogens with zero attached hydrogens (tertiary/aromatic N) is 1. The topological polar surface area (TPSA) is 288 Å². The molecule has 1 aliphatic rings. The number of carbonyl (C=O) groups is 6. The summed E-state index contributed by atoms with van der Waals surface area (Å²) in [6.45, 7) is -0.982. The molecule has 5 amide bonds. The highest BCUT2D eigenvalue weighted by Crippen LogP contribution is 2.12. The molecule has 1 saturated heterocycles. The number of hydrogen-bond acceptors (Lipinski definition) is 9. The minimum absolute atomic E-state index is 0.0609. The van der Waals surface area contributed by atoms with Crippen LogP contribution in [0.3, 0.4) is 0 Å². The van der Waals surface area contributed by atoms with Gasteiger partial charge in [0.25, 0.3) is 5.91 Å². The van der Waals surface area contributed by atoms with Crippen LogP contribution in [-0.4, -0.2) is 107 Å². The number of aliphatic hydroxyl groups is 2. The number of nitrogens with one attached hydrogen (secondary N) is 5. The first-order valence-corrected chi connectivity index (χ1v) is 13.3. The summed E-state index contributed by atoms with van der Waals surface area (Å²) < 4.78 is 0. The van der Waals surface area contributed by atoms with Crippen molar-refractivity contribution in [1.82, 2.24) is 26.6 Å². The fraction of sp³-hybridized carbons (Fsp3) is 0.500. The van der Waals surface area contributed by atoms with Crippen LogP contribution in [0.1, 0.15) is 30.4 Å². The number of carbonyl (C=O) groups excluding carboxylic acids is 5. The Hall–Kier alpha value is -4.77. The van der Waals surface area contributed by atoms with E-state index in [1.165, 1.54) is 0 Å². The van der Waals surface area contributed by atoms with Crippen LogP contribution < -0.4 is 38.1 Å². The number of guanidine groups is 1. The Bertz CT molecular complexity index is 1210. The summed E-state index contributed by atoms with van der Waals surface area (Å²) in [6.07, 6.45) is -0.880. The molecule has 0 bridgehead atoms. The van der Waals surface area contributed by atoms with Crippen LogP contribution in [0.15, 0.2) is 29.3 Å². The van der Waals surface area contributed by atoms with Crippen LogP contribution in [0.5, 0.6) is 0 Å². The van der Waals surface area contributed by atoms with E-state index in [-0.39, 0.29) is 31.8 Å². The van der Waals surface area contributed by atoms with Crippen LogP contribution in [0.4, 0.5) is 0 Å². The molecule has 0 aromatic heterocycles. The fourth-order valence-electron chi connectivity index (χ4n) is 4.08. The molecule has 17 nitrogen and oxygen atoms in total. The lowest BCUT2D eigenvalue weighted by Gasteiger charge is -2.33. The quantitative estimate of drug-likeness (QED) is 0.0688. The fourth-order valence-corrected chi connectivity index (χ4v) is 4.08. The number of carboxylic acid groups (broad SMARTS) is 1. The highest BCUT2D eigenvalue weighted by Gasteiger charge is 2.43. The molecular weight excluding hydrogens is 568 g/mol. The van der Waals surface area contributed by atoms with Crippen LogP contribution in [0, 0.1) is 6.92 Å². The van der Waals surface area contributed by atoms with Crippen LogP contribution in [-0.2, 0) is 35.2 Å². The van der Waals surface area contributed by atoms with E-state index in [2.05, 4.69) is 31.6 Å². The van der Waals surface area contributed by atoms with E-state index in [0.717, 1.165) is 5.56 Å². The molecule has 1 aliphatic heterocycles. The minimum Gasteiger partial charge on any atom is -0.481 e.